The summed E-state index contributed by atoms with van der Waals surface area (Å²) in [4.78, 5) is 16.2. The van der Waals surface area contributed by atoms with E-state index in [2.05, 4.69) is 11.4 Å². The third kappa shape index (κ3) is 3.39. The molecule has 1 saturated carbocycles. The Bertz CT molecular complexity index is 607. The number of nitrogens with two attached hydrogens (primary N) is 1. The molecule has 2 atom stereocenters. The van der Waals surface area contributed by atoms with E-state index in [4.69, 9.17) is 5.73 Å². The van der Waals surface area contributed by atoms with E-state index in [-0.39, 0.29) is 17.9 Å². The minimum absolute atomic E-state index is 0.173. The molecule has 1 heterocycles. The number of carbonyl (C=O) groups excluding carboxylic acids is 1. The van der Waals surface area contributed by atoms with Crippen LogP contribution in [0.1, 0.15) is 36.2 Å². The van der Waals surface area contributed by atoms with Crippen LogP contribution >= 0.6 is 11.3 Å². The maximum Gasteiger partial charge on any atom is 0.227 e. The third-order valence-corrected chi connectivity index (χ3v) is 5.15. The first kappa shape index (κ1) is 15.3. The largest absolute Gasteiger partial charge is 0.334 e. The number of rotatable bonds is 6. The molecule has 3 rings (SSSR count). The Balaban J connectivity index is 1.72. The van der Waals surface area contributed by atoms with E-state index in [0.29, 0.717) is 12.6 Å². The summed E-state index contributed by atoms with van der Waals surface area (Å²) in [6.45, 7) is 2.66. The molecule has 1 amide bonds. The van der Waals surface area contributed by atoms with Gasteiger partial charge in [0.05, 0.1) is 12.5 Å². The summed E-state index contributed by atoms with van der Waals surface area (Å²) in [5.41, 5.74) is 7.35. The quantitative estimate of drug-likeness (QED) is 0.886. The summed E-state index contributed by atoms with van der Waals surface area (Å²) in [7, 11) is 0. The van der Waals surface area contributed by atoms with Crippen LogP contribution < -0.4 is 5.73 Å². The van der Waals surface area contributed by atoms with E-state index >= 15 is 0 Å². The zero-order chi connectivity index (χ0) is 15.5. The monoisotopic (exact) mass is 314 g/mol. The zero-order valence-electron chi connectivity index (χ0n) is 12.8. The summed E-state index contributed by atoms with van der Waals surface area (Å²) in [5.74, 6) is -0.0322. The molecule has 0 bridgehead atoms. The van der Waals surface area contributed by atoms with Crippen LogP contribution in [0.15, 0.2) is 47.8 Å². The second-order valence-electron chi connectivity index (χ2n) is 6.00. The van der Waals surface area contributed by atoms with Gasteiger partial charge in [0.25, 0.3) is 0 Å². The third-order valence-electron chi connectivity index (χ3n) is 4.29. The van der Waals surface area contributed by atoms with Gasteiger partial charge in [0.1, 0.15) is 0 Å². The van der Waals surface area contributed by atoms with Gasteiger partial charge in [-0.15, -0.1) is 11.3 Å². The van der Waals surface area contributed by atoms with Gasteiger partial charge in [0, 0.05) is 17.0 Å². The highest BCUT2D eigenvalue weighted by Crippen LogP contribution is 2.32. The van der Waals surface area contributed by atoms with Gasteiger partial charge in [-0.25, -0.2) is 0 Å². The van der Waals surface area contributed by atoms with Gasteiger partial charge < -0.3 is 10.6 Å². The topological polar surface area (TPSA) is 46.3 Å². The van der Waals surface area contributed by atoms with Gasteiger partial charge in [-0.3, -0.25) is 4.79 Å². The van der Waals surface area contributed by atoms with E-state index < -0.39 is 0 Å². The summed E-state index contributed by atoms with van der Waals surface area (Å²) < 4.78 is 0. The molecule has 22 heavy (non-hydrogen) atoms. The fourth-order valence-electron chi connectivity index (χ4n) is 2.72. The molecule has 1 aromatic heterocycles. The Hall–Kier alpha value is -1.65. The fraction of sp³-hybridized carbons (Fsp3) is 0.389. The van der Waals surface area contributed by atoms with Crippen LogP contribution in [0.4, 0.5) is 0 Å². The Morgan fingerprint density at radius 3 is 2.59 bits per heavy atom. The molecule has 3 nitrogen and oxygen atoms in total. The zero-order valence-corrected chi connectivity index (χ0v) is 13.6. The van der Waals surface area contributed by atoms with Gasteiger partial charge in [-0.1, -0.05) is 43.3 Å². The van der Waals surface area contributed by atoms with Crippen LogP contribution in [0.25, 0.3) is 0 Å². The number of hydrogen-bond donors (Lipinski definition) is 1. The molecule has 0 saturated heterocycles. The Morgan fingerprint density at radius 2 is 2.00 bits per heavy atom. The molecule has 2 aromatic rings. The van der Waals surface area contributed by atoms with Gasteiger partial charge >= 0.3 is 0 Å². The molecule has 2 N–H and O–H groups in total. The van der Waals surface area contributed by atoms with Crippen molar-refractivity contribution in [3.8, 4) is 0 Å². The molecular weight excluding hydrogens is 292 g/mol. The molecule has 1 fully saturated rings. The average molecular weight is 314 g/mol. The molecule has 1 aromatic carbocycles. The summed E-state index contributed by atoms with van der Waals surface area (Å²) >= 11 is 1.71. The molecule has 0 aliphatic heterocycles. The first-order valence-corrected chi connectivity index (χ1v) is 8.68. The SMILES string of the molecule is C[C@@H](C(=O)N(Cc1cccs1)C1CC1)[C@H](N)c1ccccc1. The van der Waals surface area contributed by atoms with Crippen LogP contribution in [0.2, 0.25) is 0 Å². The predicted octanol–water partition coefficient (Wildman–Crippen LogP) is 3.58. The number of nitrogens with zero attached hydrogens (tertiary/aromatic N) is 1. The molecule has 1 aliphatic rings. The second kappa shape index (κ2) is 6.63. The van der Waals surface area contributed by atoms with E-state index in [0.717, 1.165) is 18.4 Å². The lowest BCUT2D eigenvalue weighted by Gasteiger charge is -2.28. The van der Waals surface area contributed by atoms with Crippen molar-refractivity contribution in [2.45, 2.75) is 38.4 Å². The Morgan fingerprint density at radius 1 is 1.27 bits per heavy atom. The maximum absolute atomic E-state index is 12.9. The number of amides is 1. The summed E-state index contributed by atoms with van der Waals surface area (Å²) in [6, 6.07) is 14.2. The molecule has 116 valence electrons. The molecule has 1 aliphatic carbocycles. The first-order valence-electron chi connectivity index (χ1n) is 7.80. The van der Waals surface area contributed by atoms with Crippen molar-refractivity contribution in [1.82, 2.24) is 4.90 Å². The fourth-order valence-corrected chi connectivity index (χ4v) is 3.43. The van der Waals surface area contributed by atoms with E-state index in [9.17, 15) is 4.79 Å². The second-order valence-corrected chi connectivity index (χ2v) is 7.03. The predicted molar refractivity (Wildman–Crippen MR) is 90.4 cm³/mol. The highest BCUT2D eigenvalue weighted by Gasteiger charge is 2.36. The van der Waals surface area contributed by atoms with Crippen molar-refractivity contribution in [1.29, 1.82) is 0 Å². The molecule has 0 radical (unpaired) electrons. The van der Waals surface area contributed by atoms with Crippen molar-refractivity contribution in [3.05, 3.63) is 58.3 Å². The number of thiophene rings is 1. The van der Waals surface area contributed by atoms with Gasteiger partial charge in [-0.2, -0.15) is 0 Å². The minimum Gasteiger partial charge on any atom is -0.334 e. The van der Waals surface area contributed by atoms with Crippen LogP contribution in [0, 0.1) is 5.92 Å². The highest BCUT2D eigenvalue weighted by atomic mass is 32.1. The standard InChI is InChI=1S/C18H22N2OS/c1-13(17(19)14-6-3-2-4-7-14)18(21)20(15-9-10-15)12-16-8-5-11-22-16/h2-8,11,13,15,17H,9-10,12,19H2,1H3/t13-,17+/m1/s1. The molecule has 4 heteroatoms. The highest BCUT2D eigenvalue weighted by molar-refractivity contribution is 7.09. The lowest BCUT2D eigenvalue weighted by Crippen LogP contribution is -2.40. The van der Waals surface area contributed by atoms with Crippen LogP contribution in [-0.4, -0.2) is 16.8 Å². The minimum atomic E-state index is -0.252. The maximum atomic E-state index is 12.9. The number of carbonyl (C=O) groups is 1. The lowest BCUT2D eigenvalue weighted by atomic mass is 9.94. The molecule has 0 spiro atoms. The smallest absolute Gasteiger partial charge is 0.227 e. The van der Waals surface area contributed by atoms with Gasteiger partial charge in [0.2, 0.25) is 5.91 Å². The normalized spacial score (nSPS) is 17.0. The average Bonchev–Trinajstić information content (AvgIpc) is 3.27. The van der Waals surface area contributed by atoms with Crippen molar-refractivity contribution < 1.29 is 4.79 Å². The van der Waals surface area contributed by atoms with Gasteiger partial charge in [-0.05, 0) is 29.9 Å². The van der Waals surface area contributed by atoms with E-state index in [1.807, 2.05) is 48.2 Å². The van der Waals surface area contributed by atoms with Gasteiger partial charge in [0.15, 0.2) is 0 Å². The van der Waals surface area contributed by atoms with Crippen molar-refractivity contribution in [2.24, 2.45) is 11.7 Å². The van der Waals surface area contributed by atoms with Crippen molar-refractivity contribution in [2.75, 3.05) is 0 Å². The Labute approximate surface area is 135 Å². The Kier molecular flexibility index (Phi) is 4.60. The summed E-state index contributed by atoms with van der Waals surface area (Å²) in [5, 5.41) is 2.06. The van der Waals surface area contributed by atoms with Crippen LogP contribution in [0.5, 0.6) is 0 Å². The summed E-state index contributed by atoms with van der Waals surface area (Å²) in [6.07, 6.45) is 2.23. The first-order chi connectivity index (χ1) is 10.7. The van der Waals surface area contributed by atoms with Crippen LogP contribution in [0.3, 0.4) is 0 Å². The van der Waals surface area contributed by atoms with E-state index in [1.165, 1.54) is 4.88 Å². The molecule has 0 unspecified atom stereocenters. The van der Waals surface area contributed by atoms with Crippen molar-refractivity contribution in [3.63, 3.8) is 0 Å². The van der Waals surface area contributed by atoms with Crippen LogP contribution in [-0.2, 0) is 11.3 Å². The number of hydrogen-bond acceptors (Lipinski definition) is 3. The van der Waals surface area contributed by atoms with E-state index in [1.54, 1.807) is 11.3 Å². The molecular formula is C18H22N2OS. The lowest BCUT2D eigenvalue weighted by molar-refractivity contribution is -0.136. The number of benzene rings is 1. The van der Waals surface area contributed by atoms with Crippen molar-refractivity contribution >= 4 is 17.2 Å².